The molecule has 0 saturated carbocycles. The third-order valence-corrected chi connectivity index (χ3v) is 5.71. The van der Waals surface area contributed by atoms with E-state index in [-0.39, 0.29) is 0 Å². The number of fused-ring (bicyclic) bond motifs is 1. The number of nitrogens with one attached hydrogen (secondary N) is 2. The van der Waals surface area contributed by atoms with Crippen LogP contribution < -0.4 is 10.6 Å². The Labute approximate surface area is 181 Å². The minimum Gasteiger partial charge on any atom is -0.357 e. The molecule has 30 heavy (non-hydrogen) atoms. The van der Waals surface area contributed by atoms with E-state index < -0.39 is 0 Å². The lowest BCUT2D eigenvalue weighted by Crippen LogP contribution is -2.38. The van der Waals surface area contributed by atoms with Gasteiger partial charge in [-0.05, 0) is 49.7 Å². The van der Waals surface area contributed by atoms with Crippen molar-refractivity contribution in [3.8, 4) is 0 Å². The molecule has 1 aliphatic rings. The summed E-state index contributed by atoms with van der Waals surface area (Å²) in [6, 6.07) is 9.01. The van der Waals surface area contributed by atoms with Crippen LogP contribution in [0, 0.1) is 0 Å². The highest BCUT2D eigenvalue weighted by atomic mass is 15.3. The van der Waals surface area contributed by atoms with Crippen LogP contribution >= 0.6 is 0 Å². The van der Waals surface area contributed by atoms with Crippen LogP contribution in [0.3, 0.4) is 0 Å². The van der Waals surface area contributed by atoms with Crippen molar-refractivity contribution in [2.45, 2.75) is 78.2 Å². The van der Waals surface area contributed by atoms with Crippen molar-refractivity contribution in [3.05, 3.63) is 47.0 Å². The molecule has 3 rings (SSSR count). The Morgan fingerprint density at radius 2 is 1.90 bits per heavy atom. The molecule has 0 spiro atoms. The molecule has 2 N–H and O–H groups in total. The highest BCUT2D eigenvalue weighted by Crippen LogP contribution is 2.16. The first-order valence-electron chi connectivity index (χ1n) is 11.7. The zero-order valence-electron chi connectivity index (χ0n) is 19.0. The van der Waals surface area contributed by atoms with E-state index >= 15 is 0 Å². The minimum absolute atomic E-state index is 0.588. The zero-order valence-corrected chi connectivity index (χ0v) is 19.0. The molecule has 0 amide bonds. The van der Waals surface area contributed by atoms with Crippen molar-refractivity contribution in [1.82, 2.24) is 25.4 Å². The molecule has 1 aliphatic heterocycles. The Balaban J connectivity index is 1.43. The van der Waals surface area contributed by atoms with E-state index in [1.165, 1.54) is 30.4 Å². The summed E-state index contributed by atoms with van der Waals surface area (Å²) in [5, 5.41) is 15.6. The second-order valence-electron chi connectivity index (χ2n) is 8.43. The van der Waals surface area contributed by atoms with Gasteiger partial charge in [-0.1, -0.05) is 44.5 Å². The van der Waals surface area contributed by atoms with Crippen molar-refractivity contribution in [2.75, 3.05) is 19.6 Å². The summed E-state index contributed by atoms with van der Waals surface area (Å²) >= 11 is 0. The van der Waals surface area contributed by atoms with E-state index in [4.69, 9.17) is 4.99 Å². The lowest BCUT2D eigenvalue weighted by molar-refractivity contribution is 0.600. The largest absolute Gasteiger partial charge is 0.357 e. The molecular formula is C24H38N6. The molecule has 0 unspecified atom stereocenters. The first-order valence-corrected chi connectivity index (χ1v) is 11.7. The van der Waals surface area contributed by atoms with Gasteiger partial charge in [0.05, 0.1) is 0 Å². The third kappa shape index (κ3) is 6.57. The molecular weight excluding hydrogens is 372 g/mol. The van der Waals surface area contributed by atoms with Crippen molar-refractivity contribution in [2.24, 2.45) is 4.99 Å². The molecule has 0 fully saturated rings. The van der Waals surface area contributed by atoms with Gasteiger partial charge in [0.2, 0.25) is 0 Å². The maximum atomic E-state index is 4.75. The standard InChI is InChI=1S/C24H38N6/c1-4-25-24(26-16-8-9-20-11-13-21(14-12-20)19(2)3)27-17-15-23-29-28-22-10-6-5-7-18-30(22)23/h11-14,19H,4-10,15-18H2,1-3H3,(H2,25,26,27). The van der Waals surface area contributed by atoms with E-state index in [0.717, 1.165) is 69.5 Å². The van der Waals surface area contributed by atoms with E-state index in [1.807, 2.05) is 0 Å². The van der Waals surface area contributed by atoms with Crippen molar-refractivity contribution in [3.63, 3.8) is 0 Å². The summed E-state index contributed by atoms with van der Waals surface area (Å²) in [7, 11) is 0. The Morgan fingerprint density at radius 1 is 1.07 bits per heavy atom. The molecule has 164 valence electrons. The van der Waals surface area contributed by atoms with E-state index in [9.17, 15) is 0 Å². The normalized spacial score (nSPS) is 14.5. The summed E-state index contributed by atoms with van der Waals surface area (Å²) < 4.78 is 2.32. The van der Waals surface area contributed by atoms with Crippen LogP contribution in [0.1, 0.15) is 75.1 Å². The van der Waals surface area contributed by atoms with E-state index in [1.54, 1.807) is 0 Å². The van der Waals surface area contributed by atoms with Gasteiger partial charge in [-0.15, -0.1) is 10.2 Å². The second kappa shape index (κ2) is 11.7. The fourth-order valence-electron chi connectivity index (χ4n) is 3.91. The number of aryl methyl sites for hydroxylation is 2. The molecule has 0 bridgehead atoms. The quantitative estimate of drug-likeness (QED) is 0.374. The average Bonchev–Trinajstić information content (AvgIpc) is 2.97. The number of aliphatic imine (C=N–C) groups is 1. The highest BCUT2D eigenvalue weighted by Gasteiger charge is 2.14. The number of rotatable bonds is 9. The molecule has 0 saturated heterocycles. The fourth-order valence-corrected chi connectivity index (χ4v) is 3.91. The summed E-state index contributed by atoms with van der Waals surface area (Å²) in [6.45, 7) is 10.1. The maximum Gasteiger partial charge on any atom is 0.191 e. The van der Waals surface area contributed by atoms with Crippen LogP contribution in [0.2, 0.25) is 0 Å². The van der Waals surface area contributed by atoms with Gasteiger partial charge < -0.3 is 15.2 Å². The summed E-state index contributed by atoms with van der Waals surface area (Å²) in [5.74, 6) is 3.73. The third-order valence-electron chi connectivity index (χ3n) is 5.71. The van der Waals surface area contributed by atoms with Crippen LogP contribution in [0.5, 0.6) is 0 Å². The van der Waals surface area contributed by atoms with Gasteiger partial charge in [0.25, 0.3) is 0 Å². The molecule has 0 radical (unpaired) electrons. The Hall–Kier alpha value is -2.37. The SMILES string of the molecule is CCNC(=NCCCc1ccc(C(C)C)cc1)NCCc1nnc2n1CCCCC2. The molecule has 1 aromatic heterocycles. The van der Waals surface area contributed by atoms with Crippen molar-refractivity contribution >= 4 is 5.96 Å². The first kappa shape index (κ1) is 22.3. The molecule has 6 heteroatoms. The number of aromatic nitrogens is 3. The molecule has 6 nitrogen and oxygen atoms in total. The Bertz CT molecular complexity index is 791. The molecule has 1 aromatic carbocycles. The summed E-state index contributed by atoms with van der Waals surface area (Å²) in [5.41, 5.74) is 2.79. The molecule has 0 aliphatic carbocycles. The van der Waals surface area contributed by atoms with Gasteiger partial charge in [-0.3, -0.25) is 4.99 Å². The van der Waals surface area contributed by atoms with Crippen LogP contribution in [-0.2, 0) is 25.8 Å². The van der Waals surface area contributed by atoms with E-state index in [2.05, 4.69) is 70.4 Å². The van der Waals surface area contributed by atoms with Crippen molar-refractivity contribution < 1.29 is 0 Å². The predicted octanol–water partition coefficient (Wildman–Crippen LogP) is 3.86. The van der Waals surface area contributed by atoms with Gasteiger partial charge in [0.1, 0.15) is 11.6 Å². The van der Waals surface area contributed by atoms with Crippen LogP contribution in [0.4, 0.5) is 0 Å². The van der Waals surface area contributed by atoms with Gasteiger partial charge in [0.15, 0.2) is 5.96 Å². The number of guanidine groups is 1. The minimum atomic E-state index is 0.588. The number of nitrogens with zero attached hydrogens (tertiary/aromatic N) is 4. The first-order chi connectivity index (χ1) is 14.7. The smallest absolute Gasteiger partial charge is 0.191 e. The Morgan fingerprint density at radius 3 is 2.67 bits per heavy atom. The van der Waals surface area contributed by atoms with Gasteiger partial charge in [-0.25, -0.2) is 0 Å². The lowest BCUT2D eigenvalue weighted by atomic mass is 10.0. The van der Waals surface area contributed by atoms with Gasteiger partial charge in [0, 0.05) is 39.0 Å². The monoisotopic (exact) mass is 410 g/mol. The van der Waals surface area contributed by atoms with E-state index in [0.29, 0.717) is 5.92 Å². The topological polar surface area (TPSA) is 67.1 Å². The fraction of sp³-hybridized carbons (Fsp3) is 0.625. The number of benzene rings is 1. The zero-order chi connectivity index (χ0) is 21.2. The van der Waals surface area contributed by atoms with Gasteiger partial charge in [-0.2, -0.15) is 0 Å². The molecule has 0 atom stereocenters. The average molecular weight is 411 g/mol. The van der Waals surface area contributed by atoms with Crippen LogP contribution in [0.25, 0.3) is 0 Å². The summed E-state index contributed by atoms with van der Waals surface area (Å²) in [4.78, 5) is 4.75. The Kier molecular flexibility index (Phi) is 8.72. The van der Waals surface area contributed by atoms with Crippen LogP contribution in [-0.4, -0.2) is 40.4 Å². The maximum absolute atomic E-state index is 4.75. The van der Waals surface area contributed by atoms with Crippen molar-refractivity contribution in [1.29, 1.82) is 0 Å². The van der Waals surface area contributed by atoms with Crippen LogP contribution in [0.15, 0.2) is 29.3 Å². The van der Waals surface area contributed by atoms with Gasteiger partial charge >= 0.3 is 0 Å². The highest BCUT2D eigenvalue weighted by molar-refractivity contribution is 5.79. The molecule has 2 heterocycles. The summed E-state index contributed by atoms with van der Waals surface area (Å²) in [6.07, 6.45) is 7.80. The number of hydrogen-bond acceptors (Lipinski definition) is 3. The lowest BCUT2D eigenvalue weighted by Gasteiger charge is -2.12. The number of hydrogen-bond donors (Lipinski definition) is 2. The second-order valence-corrected chi connectivity index (χ2v) is 8.43. The predicted molar refractivity (Wildman–Crippen MR) is 124 cm³/mol. The molecule has 2 aromatic rings.